The van der Waals surface area contributed by atoms with Crippen molar-refractivity contribution in [3.8, 4) is 5.75 Å². The van der Waals surface area contributed by atoms with Crippen molar-refractivity contribution in [3.05, 3.63) is 102 Å². The highest BCUT2D eigenvalue weighted by atomic mass is 16.5. The minimum atomic E-state index is -0.0221. The van der Waals surface area contributed by atoms with Crippen LogP contribution in [0.3, 0.4) is 0 Å². The molecule has 32 heavy (non-hydrogen) atoms. The second-order valence-corrected chi connectivity index (χ2v) is 7.84. The molecule has 0 bridgehead atoms. The molecule has 162 valence electrons. The predicted octanol–water partition coefficient (Wildman–Crippen LogP) is 4.80. The fraction of sp³-hybridized carbons (Fsp3) is 0.222. The number of aromatic nitrogens is 1. The molecular weight excluding hydrogens is 400 g/mol. The van der Waals surface area contributed by atoms with E-state index in [9.17, 15) is 9.59 Å². The van der Waals surface area contributed by atoms with E-state index in [1.165, 1.54) is 0 Å². The third-order valence-corrected chi connectivity index (χ3v) is 5.65. The van der Waals surface area contributed by atoms with Crippen molar-refractivity contribution in [1.82, 2.24) is 9.88 Å². The molecule has 1 amide bonds. The summed E-state index contributed by atoms with van der Waals surface area (Å²) in [6, 6.07) is 22.7. The Bertz CT molecular complexity index is 1060. The lowest BCUT2D eigenvalue weighted by atomic mass is 9.89. The highest BCUT2D eigenvalue weighted by Crippen LogP contribution is 2.22. The van der Waals surface area contributed by atoms with Gasteiger partial charge in [0.25, 0.3) is 0 Å². The average Bonchev–Trinajstić information content (AvgIpc) is 2.87. The zero-order valence-corrected chi connectivity index (χ0v) is 17.9. The molecule has 1 saturated heterocycles. The Kier molecular flexibility index (Phi) is 7.08. The van der Waals surface area contributed by atoms with E-state index in [1.807, 2.05) is 83.8 Å². The zero-order valence-electron chi connectivity index (χ0n) is 17.9. The molecule has 1 aliphatic rings. The largest absolute Gasteiger partial charge is 0.487 e. The number of pyridine rings is 1. The van der Waals surface area contributed by atoms with Gasteiger partial charge in [-0.15, -0.1) is 0 Å². The Labute approximate surface area is 188 Å². The van der Waals surface area contributed by atoms with Crippen LogP contribution in [0, 0.1) is 5.92 Å². The van der Waals surface area contributed by atoms with E-state index in [2.05, 4.69) is 4.98 Å². The van der Waals surface area contributed by atoms with Gasteiger partial charge >= 0.3 is 0 Å². The van der Waals surface area contributed by atoms with Gasteiger partial charge in [-0.1, -0.05) is 48.5 Å². The predicted molar refractivity (Wildman–Crippen MR) is 124 cm³/mol. The zero-order chi connectivity index (χ0) is 22.2. The Morgan fingerprint density at radius 1 is 0.938 bits per heavy atom. The number of likely N-dealkylation sites (tertiary alicyclic amines) is 1. The van der Waals surface area contributed by atoms with Crippen molar-refractivity contribution in [2.45, 2.75) is 19.4 Å². The third kappa shape index (κ3) is 5.70. The van der Waals surface area contributed by atoms with Gasteiger partial charge in [-0.2, -0.15) is 0 Å². The number of carbonyl (C=O) groups excluding carboxylic acids is 2. The number of ketones is 1. The number of hydrogen-bond acceptors (Lipinski definition) is 4. The molecule has 5 heteroatoms. The van der Waals surface area contributed by atoms with E-state index < -0.39 is 0 Å². The fourth-order valence-corrected chi connectivity index (χ4v) is 3.79. The van der Waals surface area contributed by atoms with Crippen LogP contribution >= 0.6 is 0 Å². The van der Waals surface area contributed by atoms with Gasteiger partial charge in [0.05, 0.1) is 5.69 Å². The van der Waals surface area contributed by atoms with Gasteiger partial charge in [-0.3, -0.25) is 14.6 Å². The van der Waals surface area contributed by atoms with Gasteiger partial charge in [0.2, 0.25) is 5.91 Å². The van der Waals surface area contributed by atoms with Gasteiger partial charge in [0.15, 0.2) is 5.78 Å². The van der Waals surface area contributed by atoms with Crippen molar-refractivity contribution in [2.75, 3.05) is 13.1 Å². The topological polar surface area (TPSA) is 59.5 Å². The maximum absolute atomic E-state index is 12.6. The van der Waals surface area contributed by atoms with Gasteiger partial charge < -0.3 is 9.64 Å². The molecule has 1 fully saturated rings. The van der Waals surface area contributed by atoms with E-state index in [4.69, 9.17) is 4.74 Å². The summed E-state index contributed by atoms with van der Waals surface area (Å²) in [5, 5.41) is 0. The number of benzene rings is 2. The lowest BCUT2D eigenvalue weighted by Gasteiger charge is -2.30. The SMILES string of the molecule is O=C(c1ccccc1)C1CCN(C(=O)C=Cc2ccc(OCc3ccccn3)cc2)CC1. The van der Waals surface area contributed by atoms with Crippen LogP contribution in [0.5, 0.6) is 5.75 Å². The molecule has 1 aromatic heterocycles. The number of amides is 1. The number of hydrogen-bond donors (Lipinski definition) is 0. The number of Topliss-reactive ketones (excluding diaryl/α,β-unsaturated/α-hetero) is 1. The van der Waals surface area contributed by atoms with Crippen LogP contribution in [0.15, 0.2) is 85.1 Å². The average molecular weight is 427 g/mol. The lowest BCUT2D eigenvalue weighted by molar-refractivity contribution is -0.127. The minimum absolute atomic E-state index is 0.0101. The van der Waals surface area contributed by atoms with Gasteiger partial charge in [-0.05, 0) is 48.7 Å². The molecule has 0 N–H and O–H groups in total. The smallest absolute Gasteiger partial charge is 0.246 e. The summed E-state index contributed by atoms with van der Waals surface area (Å²) in [7, 11) is 0. The summed E-state index contributed by atoms with van der Waals surface area (Å²) in [4.78, 5) is 31.2. The molecule has 0 unspecified atom stereocenters. The quantitative estimate of drug-likeness (QED) is 0.402. The van der Waals surface area contributed by atoms with Crippen LogP contribution in [0.25, 0.3) is 6.08 Å². The molecule has 4 rings (SSSR count). The first-order chi connectivity index (χ1) is 15.7. The molecule has 1 aliphatic heterocycles. The summed E-state index contributed by atoms with van der Waals surface area (Å²) in [5.41, 5.74) is 2.55. The Balaban J connectivity index is 1.25. The summed E-state index contributed by atoms with van der Waals surface area (Å²) >= 11 is 0. The van der Waals surface area contributed by atoms with Crippen LogP contribution in [-0.2, 0) is 11.4 Å². The lowest BCUT2D eigenvalue weighted by Crippen LogP contribution is -2.39. The molecule has 0 spiro atoms. The van der Waals surface area contributed by atoms with E-state index >= 15 is 0 Å². The van der Waals surface area contributed by atoms with Crippen LogP contribution < -0.4 is 4.74 Å². The van der Waals surface area contributed by atoms with Crippen molar-refractivity contribution >= 4 is 17.8 Å². The molecule has 3 aromatic rings. The van der Waals surface area contributed by atoms with Gasteiger partial charge in [0, 0.05) is 36.8 Å². The molecule has 2 aromatic carbocycles. The fourth-order valence-electron chi connectivity index (χ4n) is 3.79. The highest BCUT2D eigenvalue weighted by molar-refractivity contribution is 5.98. The third-order valence-electron chi connectivity index (χ3n) is 5.65. The molecule has 0 radical (unpaired) electrons. The van der Waals surface area contributed by atoms with Crippen LogP contribution in [0.1, 0.15) is 34.5 Å². The van der Waals surface area contributed by atoms with Crippen molar-refractivity contribution < 1.29 is 14.3 Å². The van der Waals surface area contributed by atoms with E-state index in [0.29, 0.717) is 32.5 Å². The maximum atomic E-state index is 12.6. The first kappa shape index (κ1) is 21.5. The van der Waals surface area contributed by atoms with Crippen molar-refractivity contribution in [3.63, 3.8) is 0 Å². The number of carbonyl (C=O) groups is 2. The van der Waals surface area contributed by atoms with Gasteiger partial charge in [0.1, 0.15) is 12.4 Å². The number of ether oxygens (including phenoxy) is 1. The van der Waals surface area contributed by atoms with E-state index in [1.54, 1.807) is 12.3 Å². The van der Waals surface area contributed by atoms with Gasteiger partial charge in [-0.25, -0.2) is 0 Å². The summed E-state index contributed by atoms with van der Waals surface area (Å²) in [6.45, 7) is 1.62. The monoisotopic (exact) mass is 426 g/mol. The summed E-state index contributed by atoms with van der Waals surface area (Å²) < 4.78 is 5.74. The Morgan fingerprint density at radius 2 is 1.66 bits per heavy atom. The number of rotatable bonds is 7. The second-order valence-electron chi connectivity index (χ2n) is 7.84. The Hall–Kier alpha value is -3.73. The van der Waals surface area contributed by atoms with E-state index in [-0.39, 0.29) is 17.6 Å². The number of piperidine rings is 1. The molecule has 0 saturated carbocycles. The first-order valence-corrected chi connectivity index (χ1v) is 10.9. The molecule has 0 atom stereocenters. The molecular formula is C27H26N2O3. The first-order valence-electron chi connectivity index (χ1n) is 10.9. The molecule has 0 aliphatic carbocycles. The van der Waals surface area contributed by atoms with E-state index in [0.717, 1.165) is 22.6 Å². The van der Waals surface area contributed by atoms with Crippen molar-refractivity contribution in [2.24, 2.45) is 5.92 Å². The molecule has 2 heterocycles. The summed E-state index contributed by atoms with van der Waals surface area (Å²) in [5.74, 6) is 0.901. The maximum Gasteiger partial charge on any atom is 0.246 e. The van der Waals surface area contributed by atoms with Crippen LogP contribution in [-0.4, -0.2) is 34.7 Å². The normalized spacial score (nSPS) is 14.4. The number of nitrogens with zero attached hydrogens (tertiary/aromatic N) is 2. The summed E-state index contributed by atoms with van der Waals surface area (Å²) in [6.07, 6.45) is 6.56. The molecule has 5 nitrogen and oxygen atoms in total. The highest BCUT2D eigenvalue weighted by Gasteiger charge is 2.27. The van der Waals surface area contributed by atoms with Crippen molar-refractivity contribution in [1.29, 1.82) is 0 Å². The van der Waals surface area contributed by atoms with Crippen LogP contribution in [0.2, 0.25) is 0 Å². The van der Waals surface area contributed by atoms with Crippen LogP contribution in [0.4, 0.5) is 0 Å². The second kappa shape index (κ2) is 10.5. The standard InChI is InChI=1S/C27H26N2O3/c30-26(29-18-15-23(16-19-29)27(31)22-6-2-1-3-7-22)14-11-21-9-12-25(13-10-21)32-20-24-8-4-5-17-28-24/h1-14,17,23H,15-16,18-20H2. The Morgan fingerprint density at radius 3 is 2.34 bits per heavy atom. The minimum Gasteiger partial charge on any atom is -0.487 e.